The van der Waals surface area contributed by atoms with Gasteiger partial charge in [0.15, 0.2) is 6.79 Å². The van der Waals surface area contributed by atoms with E-state index in [1.165, 1.54) is 32.1 Å². The van der Waals surface area contributed by atoms with Crippen molar-refractivity contribution >= 4 is 17.0 Å². The maximum atomic E-state index is 11.7. The molecule has 0 spiro atoms. The van der Waals surface area contributed by atoms with Gasteiger partial charge in [0.2, 0.25) is 0 Å². The smallest absolute Gasteiger partial charge is 0.333 e. The van der Waals surface area contributed by atoms with Crippen molar-refractivity contribution in [2.45, 2.75) is 58.8 Å². The third-order valence-electron chi connectivity index (χ3n) is 5.44. The number of nitrogens with zero attached hydrogens (tertiary/aromatic N) is 3. The lowest BCUT2D eigenvalue weighted by Gasteiger charge is -2.13. The average Bonchev–Trinajstić information content (AvgIpc) is 3.27. The lowest BCUT2D eigenvalue weighted by molar-refractivity contribution is -0.138. The number of hydrogen-bond donors (Lipinski definition) is 0. The summed E-state index contributed by atoms with van der Waals surface area (Å²) < 4.78 is 16.9. The van der Waals surface area contributed by atoms with Crippen molar-refractivity contribution in [2.24, 2.45) is 0 Å². The normalized spacial score (nSPS) is 11.0. The van der Waals surface area contributed by atoms with Crippen LogP contribution in [0.3, 0.4) is 0 Å². The Kier molecular flexibility index (Phi) is 10.1. The first-order valence-electron chi connectivity index (χ1n) is 12.1. The van der Waals surface area contributed by atoms with E-state index < -0.39 is 0 Å². The third-order valence-corrected chi connectivity index (χ3v) is 5.44. The molecule has 0 aliphatic heterocycles. The Morgan fingerprint density at radius 3 is 2.38 bits per heavy atom. The third kappa shape index (κ3) is 7.70. The highest BCUT2D eigenvalue weighted by Crippen LogP contribution is 2.25. The van der Waals surface area contributed by atoms with Crippen LogP contribution >= 0.6 is 0 Å². The number of aromatic nitrogens is 3. The summed E-state index contributed by atoms with van der Waals surface area (Å²) >= 11 is 0. The van der Waals surface area contributed by atoms with Gasteiger partial charge in [0.05, 0.1) is 13.2 Å². The number of esters is 1. The Morgan fingerprint density at radius 1 is 0.971 bits per heavy atom. The summed E-state index contributed by atoms with van der Waals surface area (Å²) in [5, 5.41) is 9.19. The maximum absolute atomic E-state index is 11.7. The lowest BCUT2D eigenvalue weighted by Crippen LogP contribution is -2.10. The van der Waals surface area contributed by atoms with E-state index in [4.69, 9.17) is 14.2 Å². The van der Waals surface area contributed by atoms with Gasteiger partial charge in [-0.05, 0) is 43.2 Å². The van der Waals surface area contributed by atoms with Crippen molar-refractivity contribution in [1.82, 2.24) is 15.0 Å². The molecule has 0 radical (unpaired) electrons. The Balaban J connectivity index is 1.63. The topological polar surface area (TPSA) is 75.5 Å². The fraction of sp³-hybridized carbons (Fsp3) is 0.444. The van der Waals surface area contributed by atoms with Crippen LogP contribution < -0.4 is 4.74 Å². The summed E-state index contributed by atoms with van der Waals surface area (Å²) in [7, 11) is 0. The number of benzene rings is 2. The molecule has 0 saturated carbocycles. The van der Waals surface area contributed by atoms with Gasteiger partial charge >= 0.3 is 5.97 Å². The maximum Gasteiger partial charge on any atom is 0.333 e. The second kappa shape index (κ2) is 13.5. The molecule has 0 saturated heterocycles. The molecule has 0 atom stereocenters. The SMILES string of the molecule is C=C(C)C(=O)OCCc1ccc(OCOCCCCCCCC)c(-n2nc3ccccc3n2)c1. The lowest BCUT2D eigenvalue weighted by atomic mass is 10.1. The molecule has 1 heterocycles. The van der Waals surface area contributed by atoms with Crippen molar-refractivity contribution in [1.29, 1.82) is 0 Å². The molecule has 3 aromatic rings. The van der Waals surface area contributed by atoms with Crippen LogP contribution in [0, 0.1) is 0 Å². The summed E-state index contributed by atoms with van der Waals surface area (Å²) in [5.41, 5.74) is 3.68. The minimum absolute atomic E-state index is 0.165. The van der Waals surface area contributed by atoms with Crippen LogP contribution in [0.2, 0.25) is 0 Å². The second-order valence-electron chi connectivity index (χ2n) is 8.38. The van der Waals surface area contributed by atoms with E-state index in [0.29, 0.717) is 30.0 Å². The highest BCUT2D eigenvalue weighted by molar-refractivity contribution is 5.86. The number of ether oxygens (including phenoxy) is 3. The first-order chi connectivity index (χ1) is 16.6. The zero-order chi connectivity index (χ0) is 24.2. The summed E-state index contributed by atoms with van der Waals surface area (Å²) in [6, 6.07) is 13.5. The van der Waals surface area contributed by atoms with Gasteiger partial charge in [-0.25, -0.2) is 4.79 Å². The van der Waals surface area contributed by atoms with Gasteiger partial charge in [-0.3, -0.25) is 0 Å². The van der Waals surface area contributed by atoms with Crippen LogP contribution in [0.25, 0.3) is 16.7 Å². The van der Waals surface area contributed by atoms with Crippen molar-refractivity contribution in [3.63, 3.8) is 0 Å². The first kappa shape index (κ1) is 25.4. The highest BCUT2D eigenvalue weighted by atomic mass is 16.7. The Labute approximate surface area is 201 Å². The molecule has 0 unspecified atom stereocenters. The van der Waals surface area contributed by atoms with Gasteiger partial charge in [0.25, 0.3) is 0 Å². The van der Waals surface area contributed by atoms with Crippen LogP contribution in [0.15, 0.2) is 54.6 Å². The van der Waals surface area contributed by atoms with E-state index in [1.807, 2.05) is 42.5 Å². The monoisotopic (exact) mass is 465 g/mol. The van der Waals surface area contributed by atoms with Crippen molar-refractivity contribution in [2.75, 3.05) is 20.0 Å². The Hall–Kier alpha value is -3.19. The molecule has 7 nitrogen and oxygen atoms in total. The van der Waals surface area contributed by atoms with Crippen molar-refractivity contribution in [3.8, 4) is 11.4 Å². The molecule has 34 heavy (non-hydrogen) atoms. The van der Waals surface area contributed by atoms with Gasteiger partial charge in [-0.15, -0.1) is 15.0 Å². The van der Waals surface area contributed by atoms with E-state index in [9.17, 15) is 4.79 Å². The number of hydrogen-bond acceptors (Lipinski definition) is 6. The first-order valence-corrected chi connectivity index (χ1v) is 12.1. The van der Waals surface area contributed by atoms with Crippen molar-refractivity contribution < 1.29 is 19.0 Å². The average molecular weight is 466 g/mol. The number of fused-ring (bicyclic) bond motifs is 1. The number of unbranched alkanes of at least 4 members (excludes halogenated alkanes) is 5. The molecule has 0 fully saturated rings. The summed E-state index contributed by atoms with van der Waals surface area (Å²) in [6.07, 6.45) is 7.88. The second-order valence-corrected chi connectivity index (χ2v) is 8.38. The molecular formula is C27H35N3O4. The standard InChI is InChI=1S/C27H35N3O4/c1-4-5-6-7-8-11-17-32-20-34-26-15-14-22(16-18-33-27(31)21(2)3)19-25(26)30-28-23-12-9-10-13-24(23)29-30/h9-10,12-15,19H,2,4-8,11,16-18,20H2,1,3H3. The van der Waals surface area contributed by atoms with E-state index in [1.54, 1.807) is 11.7 Å². The largest absolute Gasteiger partial charge is 0.465 e. The summed E-state index contributed by atoms with van der Waals surface area (Å²) in [5.74, 6) is 0.244. The highest BCUT2D eigenvalue weighted by Gasteiger charge is 2.12. The molecule has 0 aliphatic rings. The van der Waals surface area contributed by atoms with Gasteiger partial charge in [-0.1, -0.05) is 63.8 Å². The summed E-state index contributed by atoms with van der Waals surface area (Å²) in [4.78, 5) is 13.2. The fourth-order valence-corrected chi connectivity index (χ4v) is 3.50. The van der Waals surface area contributed by atoms with Crippen LogP contribution in [-0.2, 0) is 20.7 Å². The number of rotatable bonds is 15. The van der Waals surface area contributed by atoms with E-state index in [0.717, 1.165) is 23.0 Å². The predicted molar refractivity (Wildman–Crippen MR) is 133 cm³/mol. The number of carbonyl (C=O) groups excluding carboxylic acids is 1. The van der Waals surface area contributed by atoms with Crippen LogP contribution in [0.1, 0.15) is 57.9 Å². The van der Waals surface area contributed by atoms with Crippen molar-refractivity contribution in [3.05, 3.63) is 60.2 Å². The molecule has 3 rings (SSSR count). The van der Waals surface area contributed by atoms with Gasteiger partial charge in [-0.2, -0.15) is 0 Å². The molecule has 0 aliphatic carbocycles. The van der Waals surface area contributed by atoms with Gasteiger partial charge < -0.3 is 14.2 Å². The molecule has 2 aromatic carbocycles. The fourth-order valence-electron chi connectivity index (χ4n) is 3.50. The molecule has 0 N–H and O–H groups in total. The van der Waals surface area contributed by atoms with Crippen LogP contribution in [0.5, 0.6) is 5.75 Å². The van der Waals surface area contributed by atoms with Crippen LogP contribution in [0.4, 0.5) is 0 Å². The minimum Gasteiger partial charge on any atom is -0.465 e. The van der Waals surface area contributed by atoms with E-state index in [-0.39, 0.29) is 19.4 Å². The molecular weight excluding hydrogens is 430 g/mol. The molecule has 0 amide bonds. The van der Waals surface area contributed by atoms with Crippen LogP contribution in [-0.4, -0.2) is 41.0 Å². The molecule has 182 valence electrons. The zero-order valence-electron chi connectivity index (χ0n) is 20.3. The molecule has 7 heteroatoms. The Bertz CT molecular complexity index is 1040. The Morgan fingerprint density at radius 2 is 1.68 bits per heavy atom. The van der Waals surface area contributed by atoms with E-state index >= 15 is 0 Å². The molecule has 1 aromatic heterocycles. The van der Waals surface area contributed by atoms with Gasteiger partial charge in [0.1, 0.15) is 22.5 Å². The quantitative estimate of drug-likeness (QED) is 0.122. The van der Waals surface area contributed by atoms with E-state index in [2.05, 4.69) is 23.7 Å². The molecule has 0 bridgehead atoms. The van der Waals surface area contributed by atoms with Gasteiger partial charge in [0, 0.05) is 12.0 Å². The minimum atomic E-state index is -0.386. The zero-order valence-corrected chi connectivity index (χ0v) is 20.3. The number of carbonyl (C=O) groups is 1. The summed E-state index contributed by atoms with van der Waals surface area (Å²) in [6.45, 7) is 8.57. The predicted octanol–water partition coefficient (Wildman–Crippen LogP) is 5.80.